The molecule has 4 rings (SSSR count). The van der Waals surface area contributed by atoms with E-state index in [-0.39, 0.29) is 17.2 Å². The third-order valence-electron chi connectivity index (χ3n) is 5.66. The number of hydrogen-bond acceptors (Lipinski definition) is 6. The van der Waals surface area contributed by atoms with Gasteiger partial charge in [0.1, 0.15) is 28.9 Å². The summed E-state index contributed by atoms with van der Waals surface area (Å²) in [6.45, 7) is 3.68. The van der Waals surface area contributed by atoms with Crippen molar-refractivity contribution in [2.45, 2.75) is 32.3 Å². The van der Waals surface area contributed by atoms with Crippen molar-refractivity contribution in [2.75, 3.05) is 0 Å². The van der Waals surface area contributed by atoms with E-state index >= 15 is 0 Å². The van der Waals surface area contributed by atoms with Gasteiger partial charge in [-0.05, 0) is 54.8 Å². The van der Waals surface area contributed by atoms with Crippen LogP contribution in [0.2, 0.25) is 10.0 Å². The summed E-state index contributed by atoms with van der Waals surface area (Å²) < 4.78 is 16.9. The Morgan fingerprint density at radius 3 is 2.43 bits per heavy atom. The van der Waals surface area contributed by atoms with Gasteiger partial charge in [-0.3, -0.25) is 0 Å². The molecule has 0 radical (unpaired) electrons. The fourth-order valence-electron chi connectivity index (χ4n) is 3.81. The average Bonchev–Trinajstić information content (AvgIpc) is 2.84. The molecule has 0 spiro atoms. The van der Waals surface area contributed by atoms with Crippen molar-refractivity contribution in [1.82, 2.24) is 0 Å². The molecule has 2 unspecified atom stereocenters. The van der Waals surface area contributed by atoms with Gasteiger partial charge in [0.15, 0.2) is 6.10 Å². The molecule has 0 fully saturated rings. The molecule has 0 aliphatic carbocycles. The lowest BCUT2D eigenvalue weighted by atomic mass is 9.83. The van der Waals surface area contributed by atoms with Crippen LogP contribution in [-0.2, 0) is 11.2 Å². The Bertz CT molecular complexity index is 1350. The molecule has 3 aromatic rings. The van der Waals surface area contributed by atoms with Gasteiger partial charge in [-0.15, -0.1) is 0 Å². The summed E-state index contributed by atoms with van der Waals surface area (Å²) >= 11 is 12.5. The Hall–Kier alpha value is -3.66. The smallest absolute Gasteiger partial charge is 0.352 e. The fourth-order valence-corrected chi connectivity index (χ4v) is 4.33. The topological polar surface area (TPSA) is 94.6 Å². The third kappa shape index (κ3) is 5.22. The van der Waals surface area contributed by atoms with Gasteiger partial charge >= 0.3 is 5.97 Å². The van der Waals surface area contributed by atoms with E-state index < -0.39 is 18.0 Å². The van der Waals surface area contributed by atoms with Gasteiger partial charge in [-0.1, -0.05) is 54.4 Å². The van der Waals surface area contributed by atoms with E-state index in [9.17, 15) is 10.1 Å². The Balaban J connectivity index is 1.57. The minimum atomic E-state index is -0.838. The Labute approximate surface area is 213 Å². The molecule has 1 aliphatic heterocycles. The number of carbonyl (C=O) groups is 1. The number of ether oxygens (including phenoxy) is 3. The molecule has 0 aromatic heterocycles. The maximum atomic E-state index is 12.6. The van der Waals surface area contributed by atoms with E-state index in [4.69, 9.17) is 43.1 Å². The first-order valence-electron chi connectivity index (χ1n) is 10.9. The van der Waals surface area contributed by atoms with Crippen molar-refractivity contribution in [3.63, 3.8) is 0 Å². The van der Waals surface area contributed by atoms with Gasteiger partial charge in [-0.25, -0.2) is 4.79 Å². The Morgan fingerprint density at radius 2 is 1.77 bits per heavy atom. The molecule has 0 saturated carbocycles. The van der Waals surface area contributed by atoms with Gasteiger partial charge in [0.25, 0.3) is 0 Å². The van der Waals surface area contributed by atoms with Crippen LogP contribution in [0.25, 0.3) is 0 Å². The summed E-state index contributed by atoms with van der Waals surface area (Å²) in [5, 5.41) is 10.6. The molecule has 1 aliphatic rings. The quantitative estimate of drug-likeness (QED) is 0.317. The first kappa shape index (κ1) is 24.5. The highest BCUT2D eigenvalue weighted by molar-refractivity contribution is 6.35. The monoisotopic (exact) mass is 508 g/mol. The summed E-state index contributed by atoms with van der Waals surface area (Å²) in [5.41, 5.74) is 8.76. The molecule has 178 valence electrons. The van der Waals surface area contributed by atoms with E-state index in [1.807, 2.05) is 24.3 Å². The van der Waals surface area contributed by atoms with Crippen molar-refractivity contribution >= 4 is 29.2 Å². The number of hydrogen-bond donors (Lipinski definition) is 1. The van der Waals surface area contributed by atoms with Crippen molar-refractivity contribution in [1.29, 1.82) is 5.26 Å². The van der Waals surface area contributed by atoms with Crippen LogP contribution in [0.1, 0.15) is 36.5 Å². The maximum absolute atomic E-state index is 12.6. The third-order valence-corrected chi connectivity index (χ3v) is 6.22. The van der Waals surface area contributed by atoms with Gasteiger partial charge in [0.05, 0.1) is 5.92 Å². The molecule has 8 heteroatoms. The lowest BCUT2D eigenvalue weighted by molar-refractivity contribution is -0.141. The highest BCUT2D eigenvalue weighted by Gasteiger charge is 2.32. The number of allylic oxidation sites excluding steroid dienone is 1. The number of fused-ring (bicyclic) bond motifs is 1. The van der Waals surface area contributed by atoms with Crippen molar-refractivity contribution in [3.05, 3.63) is 98.9 Å². The number of benzene rings is 3. The molecule has 35 heavy (non-hydrogen) atoms. The minimum absolute atomic E-state index is 0.0493. The van der Waals surface area contributed by atoms with Crippen LogP contribution in [-0.4, -0.2) is 12.1 Å². The van der Waals surface area contributed by atoms with E-state index in [0.29, 0.717) is 32.7 Å². The number of esters is 1. The number of nitrogens with zero attached hydrogens (tertiary/aromatic N) is 1. The molecule has 0 bridgehead atoms. The van der Waals surface area contributed by atoms with E-state index in [2.05, 4.69) is 13.0 Å². The molecule has 2 N–H and O–H groups in total. The summed E-state index contributed by atoms with van der Waals surface area (Å²) in [6.07, 6.45) is 0.0778. The lowest BCUT2D eigenvalue weighted by Gasteiger charge is -2.27. The molecule has 0 saturated heterocycles. The lowest BCUT2D eigenvalue weighted by Crippen LogP contribution is -2.28. The van der Waals surface area contributed by atoms with Crippen molar-refractivity contribution in [3.8, 4) is 23.3 Å². The standard InChI is InChI=1S/C27H22Cl2N2O4/c1-3-16-4-7-18(8-5-16)33-15(2)27(32)34-19-9-11-21-24(13-19)35-26(31)22(14-30)25(21)20-10-6-17(28)12-23(20)29/h4-13,15,25H,3,31H2,1-2H3. The molecular formula is C27H22Cl2N2O4. The highest BCUT2D eigenvalue weighted by atomic mass is 35.5. The predicted molar refractivity (Wildman–Crippen MR) is 134 cm³/mol. The second kappa shape index (κ2) is 10.3. The fraction of sp³-hybridized carbons (Fsp3) is 0.185. The molecule has 6 nitrogen and oxygen atoms in total. The van der Waals surface area contributed by atoms with Crippen LogP contribution < -0.4 is 19.9 Å². The molecule has 1 heterocycles. The average molecular weight is 509 g/mol. The Morgan fingerprint density at radius 1 is 1.09 bits per heavy atom. The Kier molecular flexibility index (Phi) is 7.20. The zero-order chi connectivity index (χ0) is 25.1. The van der Waals surface area contributed by atoms with Crippen LogP contribution in [0.3, 0.4) is 0 Å². The summed E-state index contributed by atoms with van der Waals surface area (Å²) in [5.74, 6) is -0.00604. The van der Waals surface area contributed by atoms with Gasteiger partial charge < -0.3 is 19.9 Å². The van der Waals surface area contributed by atoms with Crippen LogP contribution in [0, 0.1) is 11.3 Å². The van der Waals surface area contributed by atoms with E-state index in [1.54, 1.807) is 43.3 Å². The van der Waals surface area contributed by atoms with Crippen molar-refractivity contribution in [2.24, 2.45) is 5.73 Å². The summed E-state index contributed by atoms with van der Waals surface area (Å²) in [6, 6.07) is 19.6. The van der Waals surface area contributed by atoms with E-state index in [1.165, 1.54) is 5.56 Å². The van der Waals surface area contributed by atoms with Crippen LogP contribution in [0.4, 0.5) is 0 Å². The number of rotatable bonds is 6. The van der Waals surface area contributed by atoms with E-state index in [0.717, 1.165) is 6.42 Å². The van der Waals surface area contributed by atoms with Crippen molar-refractivity contribution < 1.29 is 19.0 Å². The number of nitriles is 1. The zero-order valence-corrected chi connectivity index (χ0v) is 20.6. The molecule has 2 atom stereocenters. The first-order chi connectivity index (χ1) is 16.8. The number of nitrogens with two attached hydrogens (primary N) is 1. The summed E-state index contributed by atoms with van der Waals surface area (Å²) in [4.78, 5) is 12.6. The maximum Gasteiger partial charge on any atom is 0.352 e. The first-order valence-corrected chi connectivity index (χ1v) is 11.7. The summed E-state index contributed by atoms with van der Waals surface area (Å²) in [7, 11) is 0. The van der Waals surface area contributed by atoms with Crippen LogP contribution in [0.5, 0.6) is 17.2 Å². The normalized spacial score (nSPS) is 15.5. The van der Waals surface area contributed by atoms with Gasteiger partial charge in [0, 0.05) is 21.7 Å². The number of aryl methyl sites for hydroxylation is 1. The largest absolute Gasteiger partial charge is 0.479 e. The van der Waals surface area contributed by atoms with Crippen LogP contribution >= 0.6 is 23.2 Å². The van der Waals surface area contributed by atoms with Gasteiger partial charge in [0.2, 0.25) is 5.88 Å². The zero-order valence-electron chi connectivity index (χ0n) is 19.0. The second-order valence-corrected chi connectivity index (χ2v) is 8.81. The van der Waals surface area contributed by atoms with Crippen LogP contribution in [0.15, 0.2) is 72.1 Å². The molecule has 3 aromatic carbocycles. The number of carbonyl (C=O) groups excluding carboxylic acids is 1. The minimum Gasteiger partial charge on any atom is -0.479 e. The molecule has 0 amide bonds. The predicted octanol–water partition coefficient (Wildman–Crippen LogP) is 6.15. The van der Waals surface area contributed by atoms with Gasteiger partial charge in [-0.2, -0.15) is 5.26 Å². The second-order valence-electron chi connectivity index (χ2n) is 7.97. The molecular weight excluding hydrogens is 487 g/mol. The highest BCUT2D eigenvalue weighted by Crippen LogP contribution is 2.45. The SMILES string of the molecule is CCc1ccc(OC(C)C(=O)Oc2ccc3c(c2)OC(N)=C(C#N)C3c2ccc(Cl)cc2Cl)cc1. The number of halogens is 2.